The van der Waals surface area contributed by atoms with Crippen LogP contribution in [0.25, 0.3) is 0 Å². The minimum absolute atomic E-state index is 0.580. The van der Waals surface area contributed by atoms with E-state index in [1.807, 2.05) is 13.1 Å². The first kappa shape index (κ1) is 5.87. The molecule has 0 radical (unpaired) electrons. The predicted octanol–water partition coefficient (Wildman–Crippen LogP) is 0.607. The van der Waals surface area contributed by atoms with Crippen molar-refractivity contribution in [3.63, 3.8) is 0 Å². The summed E-state index contributed by atoms with van der Waals surface area (Å²) in [6.45, 7) is 0. The number of nitrogens with two attached hydrogens (primary N) is 1. The molecular formula is C4H6IN3. The lowest BCUT2D eigenvalue weighted by atomic mass is 10.7. The molecule has 3 nitrogen and oxygen atoms in total. The average Bonchev–Trinajstić information content (AvgIpc) is 1.85. The van der Waals surface area contributed by atoms with E-state index in [2.05, 4.69) is 27.7 Å². The van der Waals surface area contributed by atoms with E-state index < -0.39 is 0 Å². The lowest BCUT2D eigenvalue weighted by molar-refractivity contribution is 0.751. The highest BCUT2D eigenvalue weighted by Gasteiger charge is 1.94. The highest BCUT2D eigenvalue weighted by atomic mass is 127. The number of nitrogen functional groups attached to an aromatic ring is 1. The lowest BCUT2D eigenvalue weighted by Crippen LogP contribution is -1.93. The van der Waals surface area contributed by atoms with E-state index in [4.69, 9.17) is 5.73 Å². The van der Waals surface area contributed by atoms with Gasteiger partial charge in [0.05, 0.1) is 0 Å². The highest BCUT2D eigenvalue weighted by Crippen LogP contribution is 2.05. The van der Waals surface area contributed by atoms with Crippen LogP contribution < -0.4 is 5.73 Å². The molecule has 0 aromatic carbocycles. The number of hydrogen-bond acceptors (Lipinski definition) is 2. The van der Waals surface area contributed by atoms with Crippen molar-refractivity contribution >= 4 is 28.4 Å². The van der Waals surface area contributed by atoms with Gasteiger partial charge in [0, 0.05) is 13.1 Å². The Bertz CT molecular complexity index is 174. The second-order valence-electron chi connectivity index (χ2n) is 1.52. The number of halogens is 1. The molecule has 0 aliphatic heterocycles. The molecule has 0 bridgehead atoms. The maximum absolute atomic E-state index is 5.34. The summed E-state index contributed by atoms with van der Waals surface area (Å²) in [6, 6.07) is 1.82. The zero-order chi connectivity index (χ0) is 6.15. The third-order valence-corrected chi connectivity index (χ3v) is 1.85. The second kappa shape index (κ2) is 1.93. The van der Waals surface area contributed by atoms with E-state index in [9.17, 15) is 0 Å². The molecule has 8 heavy (non-hydrogen) atoms. The summed E-state index contributed by atoms with van der Waals surface area (Å²) in [6.07, 6.45) is 0. The normalized spacial score (nSPS) is 9.75. The molecule has 4 heteroatoms. The van der Waals surface area contributed by atoms with Gasteiger partial charge in [0.1, 0.15) is 9.52 Å². The Morgan fingerprint density at radius 3 is 2.62 bits per heavy atom. The Labute approximate surface area is 61.0 Å². The van der Waals surface area contributed by atoms with Crippen molar-refractivity contribution in [1.29, 1.82) is 0 Å². The molecule has 0 unspecified atom stereocenters. The van der Waals surface area contributed by atoms with E-state index in [0.29, 0.717) is 5.82 Å². The largest absolute Gasteiger partial charge is 0.382 e. The Morgan fingerprint density at radius 2 is 2.50 bits per heavy atom. The van der Waals surface area contributed by atoms with Gasteiger partial charge in [0.2, 0.25) is 0 Å². The van der Waals surface area contributed by atoms with Crippen LogP contribution in [-0.4, -0.2) is 9.78 Å². The van der Waals surface area contributed by atoms with E-state index in [-0.39, 0.29) is 0 Å². The van der Waals surface area contributed by atoms with E-state index in [1.165, 1.54) is 0 Å². The van der Waals surface area contributed by atoms with Gasteiger partial charge in [0.25, 0.3) is 0 Å². The molecule has 0 fully saturated rings. The number of aryl methyl sites for hydroxylation is 1. The Morgan fingerprint density at radius 1 is 1.88 bits per heavy atom. The van der Waals surface area contributed by atoms with Gasteiger partial charge in [-0.05, 0) is 22.6 Å². The standard InChI is InChI=1S/C4H6IN3/c1-8-3(5)2-4(6)7-8/h2H,1H3,(H2,6,7). The summed E-state index contributed by atoms with van der Waals surface area (Å²) in [5.41, 5.74) is 5.34. The van der Waals surface area contributed by atoms with Crippen LogP contribution in [0.3, 0.4) is 0 Å². The molecule has 1 rings (SSSR count). The molecule has 1 aromatic rings. The number of aromatic nitrogens is 2. The molecule has 0 saturated carbocycles. The zero-order valence-corrected chi connectivity index (χ0v) is 6.58. The molecule has 0 spiro atoms. The summed E-state index contributed by atoms with van der Waals surface area (Å²) in [5.74, 6) is 0.580. The Balaban J connectivity index is 3.14. The minimum Gasteiger partial charge on any atom is -0.382 e. The molecule has 2 N–H and O–H groups in total. The molecule has 0 saturated heterocycles. The van der Waals surface area contributed by atoms with Gasteiger partial charge < -0.3 is 5.73 Å². The second-order valence-corrected chi connectivity index (χ2v) is 2.62. The van der Waals surface area contributed by atoms with Crippen LogP contribution in [0.2, 0.25) is 0 Å². The molecule has 0 amide bonds. The van der Waals surface area contributed by atoms with Gasteiger partial charge in [0.15, 0.2) is 0 Å². The van der Waals surface area contributed by atoms with Crippen molar-refractivity contribution < 1.29 is 0 Å². The van der Waals surface area contributed by atoms with Crippen LogP contribution in [0.4, 0.5) is 5.82 Å². The Kier molecular flexibility index (Phi) is 1.41. The van der Waals surface area contributed by atoms with E-state index in [0.717, 1.165) is 3.70 Å². The highest BCUT2D eigenvalue weighted by molar-refractivity contribution is 14.1. The van der Waals surface area contributed by atoms with Crippen molar-refractivity contribution in [3.05, 3.63) is 9.77 Å². The van der Waals surface area contributed by atoms with E-state index >= 15 is 0 Å². The molecule has 0 aliphatic carbocycles. The number of anilines is 1. The molecule has 0 aliphatic rings. The van der Waals surface area contributed by atoms with Gasteiger partial charge in [-0.1, -0.05) is 0 Å². The van der Waals surface area contributed by atoms with Crippen LogP contribution in [-0.2, 0) is 7.05 Å². The van der Waals surface area contributed by atoms with Gasteiger partial charge in [-0.15, -0.1) is 0 Å². The minimum atomic E-state index is 0.580. The molecular weight excluding hydrogens is 217 g/mol. The maximum Gasteiger partial charge on any atom is 0.146 e. The first-order valence-electron chi connectivity index (χ1n) is 2.15. The van der Waals surface area contributed by atoms with Crippen molar-refractivity contribution in [2.75, 3.05) is 5.73 Å². The van der Waals surface area contributed by atoms with Crippen LogP contribution in [0.1, 0.15) is 0 Å². The predicted molar refractivity (Wildman–Crippen MR) is 40.3 cm³/mol. The van der Waals surface area contributed by atoms with E-state index in [1.54, 1.807) is 4.68 Å². The topological polar surface area (TPSA) is 43.8 Å². The summed E-state index contributed by atoms with van der Waals surface area (Å²) in [5, 5.41) is 3.90. The third kappa shape index (κ3) is 0.936. The SMILES string of the molecule is Cn1nc(N)cc1I. The van der Waals surface area contributed by atoms with Crippen molar-refractivity contribution in [2.24, 2.45) is 7.05 Å². The number of rotatable bonds is 0. The van der Waals surface area contributed by atoms with Crippen molar-refractivity contribution in [2.45, 2.75) is 0 Å². The summed E-state index contributed by atoms with van der Waals surface area (Å²) >= 11 is 2.17. The fourth-order valence-electron chi connectivity index (χ4n) is 0.465. The van der Waals surface area contributed by atoms with Crippen LogP contribution in [0.5, 0.6) is 0 Å². The van der Waals surface area contributed by atoms with Crippen molar-refractivity contribution in [1.82, 2.24) is 9.78 Å². The smallest absolute Gasteiger partial charge is 0.146 e. The first-order valence-corrected chi connectivity index (χ1v) is 3.23. The van der Waals surface area contributed by atoms with Gasteiger partial charge in [-0.25, -0.2) is 0 Å². The quantitative estimate of drug-likeness (QED) is 0.654. The van der Waals surface area contributed by atoms with Crippen molar-refractivity contribution in [3.8, 4) is 0 Å². The maximum atomic E-state index is 5.34. The monoisotopic (exact) mass is 223 g/mol. The summed E-state index contributed by atoms with van der Waals surface area (Å²) in [4.78, 5) is 0. The van der Waals surface area contributed by atoms with Crippen LogP contribution in [0.15, 0.2) is 6.07 Å². The molecule has 1 heterocycles. The molecule has 44 valence electrons. The van der Waals surface area contributed by atoms with Gasteiger partial charge in [-0.2, -0.15) is 5.10 Å². The fraction of sp³-hybridized carbons (Fsp3) is 0.250. The number of nitrogens with zero attached hydrogens (tertiary/aromatic N) is 2. The number of hydrogen-bond donors (Lipinski definition) is 1. The average molecular weight is 223 g/mol. The van der Waals surface area contributed by atoms with Gasteiger partial charge in [-0.3, -0.25) is 4.68 Å². The summed E-state index contributed by atoms with van der Waals surface area (Å²) < 4.78 is 2.79. The zero-order valence-electron chi connectivity index (χ0n) is 4.43. The first-order chi connectivity index (χ1) is 3.70. The Hall–Kier alpha value is -0.260. The fourth-order valence-corrected chi connectivity index (χ4v) is 0.892. The van der Waals surface area contributed by atoms with Gasteiger partial charge >= 0.3 is 0 Å². The van der Waals surface area contributed by atoms with Crippen LogP contribution in [0, 0.1) is 3.70 Å². The lowest BCUT2D eigenvalue weighted by Gasteiger charge is -1.85. The molecule has 1 aromatic heterocycles. The third-order valence-electron chi connectivity index (χ3n) is 0.842. The summed E-state index contributed by atoms with van der Waals surface area (Å²) in [7, 11) is 1.86. The molecule has 0 atom stereocenters. The van der Waals surface area contributed by atoms with Crippen LogP contribution >= 0.6 is 22.6 Å².